The van der Waals surface area contributed by atoms with E-state index in [9.17, 15) is 5.11 Å². The summed E-state index contributed by atoms with van der Waals surface area (Å²) in [7, 11) is 0. The molecule has 2 N–H and O–H groups in total. The van der Waals surface area contributed by atoms with E-state index in [-0.39, 0.29) is 5.75 Å². The summed E-state index contributed by atoms with van der Waals surface area (Å²) in [4.78, 5) is 0. The molecule has 20 heavy (non-hydrogen) atoms. The Hall–Kier alpha value is -1.71. The predicted octanol–water partition coefficient (Wildman–Crippen LogP) is 3.73. The zero-order valence-corrected chi connectivity index (χ0v) is 12.2. The van der Waals surface area contributed by atoms with E-state index in [4.69, 9.17) is 16.3 Å². The second-order valence-electron chi connectivity index (χ2n) is 4.50. The third-order valence-corrected chi connectivity index (χ3v) is 3.20. The van der Waals surface area contributed by atoms with Gasteiger partial charge in [-0.1, -0.05) is 36.7 Å². The summed E-state index contributed by atoms with van der Waals surface area (Å²) in [5.41, 5.74) is 2.12. The summed E-state index contributed by atoms with van der Waals surface area (Å²) in [5, 5.41) is 13.1. The number of halogens is 1. The van der Waals surface area contributed by atoms with E-state index in [1.807, 2.05) is 30.3 Å². The SMILES string of the molecule is CCNCc1ccc(OCc2ccc(O)cc2)c(Cl)c1. The molecule has 2 rings (SSSR count). The lowest BCUT2D eigenvalue weighted by Gasteiger charge is -2.10. The Bertz CT molecular complexity index is 555. The molecule has 0 aliphatic rings. The number of phenolic OH excluding ortho intramolecular Hbond substituents is 1. The van der Waals surface area contributed by atoms with Crippen molar-refractivity contribution >= 4 is 11.6 Å². The maximum absolute atomic E-state index is 9.22. The number of aromatic hydroxyl groups is 1. The van der Waals surface area contributed by atoms with Crippen molar-refractivity contribution in [1.82, 2.24) is 5.32 Å². The van der Waals surface area contributed by atoms with E-state index in [0.717, 1.165) is 24.2 Å². The van der Waals surface area contributed by atoms with E-state index in [1.54, 1.807) is 12.1 Å². The Morgan fingerprint density at radius 1 is 1.10 bits per heavy atom. The van der Waals surface area contributed by atoms with Crippen LogP contribution in [0.3, 0.4) is 0 Å². The Labute approximate surface area is 124 Å². The summed E-state index contributed by atoms with van der Waals surface area (Å²) in [5.74, 6) is 0.916. The lowest BCUT2D eigenvalue weighted by Crippen LogP contribution is -2.11. The Kier molecular flexibility index (Phi) is 5.27. The highest BCUT2D eigenvalue weighted by Gasteiger charge is 2.04. The first-order valence-electron chi connectivity index (χ1n) is 6.59. The lowest BCUT2D eigenvalue weighted by molar-refractivity contribution is 0.306. The highest BCUT2D eigenvalue weighted by Crippen LogP contribution is 2.26. The van der Waals surface area contributed by atoms with Crippen LogP contribution in [0.4, 0.5) is 0 Å². The van der Waals surface area contributed by atoms with Gasteiger partial charge in [0.15, 0.2) is 0 Å². The summed E-state index contributed by atoms with van der Waals surface area (Å²) < 4.78 is 5.69. The third kappa shape index (κ3) is 4.15. The molecule has 0 saturated heterocycles. The molecule has 2 aromatic rings. The maximum Gasteiger partial charge on any atom is 0.138 e. The van der Waals surface area contributed by atoms with Crippen LogP contribution < -0.4 is 10.1 Å². The van der Waals surface area contributed by atoms with Crippen molar-refractivity contribution in [3.8, 4) is 11.5 Å². The fourth-order valence-corrected chi connectivity index (χ4v) is 2.05. The molecule has 0 aliphatic carbocycles. The Morgan fingerprint density at radius 3 is 2.45 bits per heavy atom. The van der Waals surface area contributed by atoms with E-state index in [1.165, 1.54) is 0 Å². The molecule has 0 atom stereocenters. The summed E-state index contributed by atoms with van der Waals surface area (Å²) in [6, 6.07) is 12.7. The van der Waals surface area contributed by atoms with Gasteiger partial charge in [-0.2, -0.15) is 0 Å². The molecule has 2 aromatic carbocycles. The molecule has 0 saturated carbocycles. The molecule has 3 nitrogen and oxygen atoms in total. The van der Waals surface area contributed by atoms with Crippen LogP contribution in [0.15, 0.2) is 42.5 Å². The highest BCUT2D eigenvalue weighted by atomic mass is 35.5. The van der Waals surface area contributed by atoms with Crippen LogP contribution in [0, 0.1) is 0 Å². The van der Waals surface area contributed by atoms with Crippen molar-refractivity contribution in [2.75, 3.05) is 6.54 Å². The number of phenols is 1. The molecule has 0 bridgehead atoms. The molecule has 0 unspecified atom stereocenters. The maximum atomic E-state index is 9.22. The first kappa shape index (κ1) is 14.7. The molecule has 0 spiro atoms. The monoisotopic (exact) mass is 291 g/mol. The van der Waals surface area contributed by atoms with Crippen molar-refractivity contribution in [3.05, 3.63) is 58.6 Å². The topological polar surface area (TPSA) is 41.5 Å². The summed E-state index contributed by atoms with van der Waals surface area (Å²) in [6.45, 7) is 4.22. The molecule has 0 aliphatic heterocycles. The van der Waals surface area contributed by atoms with Crippen molar-refractivity contribution in [3.63, 3.8) is 0 Å². The van der Waals surface area contributed by atoms with Gasteiger partial charge in [0, 0.05) is 6.54 Å². The van der Waals surface area contributed by atoms with Crippen LogP contribution in [0.1, 0.15) is 18.1 Å². The third-order valence-electron chi connectivity index (χ3n) is 2.91. The van der Waals surface area contributed by atoms with Gasteiger partial charge in [-0.15, -0.1) is 0 Å². The van der Waals surface area contributed by atoms with Crippen molar-refractivity contribution in [2.45, 2.75) is 20.1 Å². The number of nitrogens with one attached hydrogen (secondary N) is 1. The Balaban J connectivity index is 1.97. The molecule has 106 valence electrons. The van der Waals surface area contributed by atoms with Crippen LogP contribution >= 0.6 is 11.6 Å². The predicted molar refractivity (Wildman–Crippen MR) is 81.3 cm³/mol. The summed E-state index contributed by atoms with van der Waals surface area (Å²) >= 11 is 6.21. The normalized spacial score (nSPS) is 10.5. The zero-order chi connectivity index (χ0) is 14.4. The number of benzene rings is 2. The standard InChI is InChI=1S/C16H18ClNO2/c1-2-18-10-13-5-8-16(15(17)9-13)20-11-12-3-6-14(19)7-4-12/h3-9,18-19H,2,10-11H2,1H3. The van der Waals surface area contributed by atoms with Gasteiger partial charge >= 0.3 is 0 Å². The average molecular weight is 292 g/mol. The smallest absolute Gasteiger partial charge is 0.138 e. The van der Waals surface area contributed by atoms with Crippen molar-refractivity contribution in [2.24, 2.45) is 0 Å². The van der Waals surface area contributed by atoms with E-state index in [2.05, 4.69) is 12.2 Å². The highest BCUT2D eigenvalue weighted by molar-refractivity contribution is 6.32. The van der Waals surface area contributed by atoms with Gasteiger partial charge < -0.3 is 15.2 Å². The molecule has 0 radical (unpaired) electrons. The largest absolute Gasteiger partial charge is 0.508 e. The van der Waals surface area contributed by atoms with Crippen molar-refractivity contribution < 1.29 is 9.84 Å². The minimum absolute atomic E-state index is 0.250. The quantitative estimate of drug-likeness (QED) is 0.852. The molecule has 4 heteroatoms. The lowest BCUT2D eigenvalue weighted by atomic mass is 10.2. The van der Waals surface area contributed by atoms with E-state index >= 15 is 0 Å². The van der Waals surface area contributed by atoms with Crippen LogP contribution in [0.5, 0.6) is 11.5 Å². The first-order chi connectivity index (χ1) is 9.69. The molecule has 0 fully saturated rings. The second kappa shape index (κ2) is 7.17. The van der Waals surface area contributed by atoms with E-state index in [0.29, 0.717) is 17.4 Å². The van der Waals surface area contributed by atoms with Crippen molar-refractivity contribution in [1.29, 1.82) is 0 Å². The fourth-order valence-electron chi connectivity index (χ4n) is 1.79. The van der Waals surface area contributed by atoms with Gasteiger partial charge in [-0.05, 0) is 41.9 Å². The van der Waals surface area contributed by atoms with Crippen LogP contribution in [0.2, 0.25) is 5.02 Å². The van der Waals surface area contributed by atoms with Crippen LogP contribution in [-0.4, -0.2) is 11.7 Å². The van der Waals surface area contributed by atoms with Crippen LogP contribution in [0.25, 0.3) is 0 Å². The number of hydrogen-bond donors (Lipinski definition) is 2. The van der Waals surface area contributed by atoms with Gasteiger partial charge in [0.2, 0.25) is 0 Å². The van der Waals surface area contributed by atoms with Gasteiger partial charge in [-0.25, -0.2) is 0 Å². The zero-order valence-electron chi connectivity index (χ0n) is 11.4. The first-order valence-corrected chi connectivity index (χ1v) is 6.96. The minimum Gasteiger partial charge on any atom is -0.508 e. The molecule has 0 heterocycles. The van der Waals surface area contributed by atoms with Gasteiger partial charge in [0.05, 0.1) is 5.02 Å². The number of rotatable bonds is 6. The second-order valence-corrected chi connectivity index (χ2v) is 4.91. The molecular weight excluding hydrogens is 274 g/mol. The molecular formula is C16H18ClNO2. The average Bonchev–Trinajstić information content (AvgIpc) is 2.46. The molecule has 0 amide bonds. The fraction of sp³-hybridized carbons (Fsp3) is 0.250. The summed E-state index contributed by atoms with van der Waals surface area (Å²) in [6.07, 6.45) is 0. The van der Waals surface area contributed by atoms with E-state index < -0.39 is 0 Å². The van der Waals surface area contributed by atoms with Gasteiger partial charge in [0.25, 0.3) is 0 Å². The molecule has 0 aromatic heterocycles. The van der Waals surface area contributed by atoms with Crippen LogP contribution in [-0.2, 0) is 13.2 Å². The van der Waals surface area contributed by atoms with Gasteiger partial charge in [0.1, 0.15) is 18.1 Å². The van der Waals surface area contributed by atoms with Gasteiger partial charge in [-0.3, -0.25) is 0 Å². The Morgan fingerprint density at radius 2 is 1.80 bits per heavy atom. The minimum atomic E-state index is 0.250. The number of ether oxygens (including phenoxy) is 1. The number of hydrogen-bond acceptors (Lipinski definition) is 3.